The summed E-state index contributed by atoms with van der Waals surface area (Å²) < 4.78 is 23.9. The molecule has 0 aromatic carbocycles. The molecule has 1 fully saturated rings. The maximum atomic E-state index is 11.8. The number of aliphatic carboxylic acids is 1. The number of carboxylic acids is 1. The Morgan fingerprint density at radius 3 is 2.21 bits per heavy atom. The van der Waals surface area contributed by atoms with Crippen LogP contribution in [-0.2, 0) is 14.8 Å². The van der Waals surface area contributed by atoms with Crippen molar-refractivity contribution in [3.8, 4) is 0 Å². The van der Waals surface area contributed by atoms with Crippen LogP contribution in [0.3, 0.4) is 0 Å². The quantitative estimate of drug-likeness (QED) is 0.739. The summed E-state index contributed by atoms with van der Waals surface area (Å²) in [6, 6.07) is -1.00. The summed E-state index contributed by atoms with van der Waals surface area (Å²) in [6.45, 7) is 3.01. The molecule has 0 saturated heterocycles. The number of carboxylic acid groups (broad SMARTS) is 1. The van der Waals surface area contributed by atoms with Crippen molar-refractivity contribution in [1.29, 1.82) is 0 Å². The molecule has 82 valence electrons. The van der Waals surface area contributed by atoms with Crippen LogP contribution in [0, 0.1) is 0 Å². The van der Waals surface area contributed by atoms with Gasteiger partial charge in [-0.15, -0.1) is 0 Å². The van der Waals surface area contributed by atoms with Crippen LogP contribution in [-0.4, -0.2) is 41.6 Å². The molecule has 0 heterocycles. The van der Waals surface area contributed by atoms with E-state index >= 15 is 0 Å². The van der Waals surface area contributed by atoms with E-state index in [-0.39, 0.29) is 0 Å². The number of rotatable bonds is 4. The second-order valence-corrected chi connectivity index (χ2v) is 6.50. The molecule has 14 heavy (non-hydrogen) atoms. The first kappa shape index (κ1) is 11.5. The van der Waals surface area contributed by atoms with Crippen LogP contribution in [0.15, 0.2) is 0 Å². The van der Waals surface area contributed by atoms with Gasteiger partial charge in [0.1, 0.15) is 6.04 Å². The summed E-state index contributed by atoms with van der Waals surface area (Å²) in [5, 5.41) is 8.70. The van der Waals surface area contributed by atoms with Gasteiger partial charge < -0.3 is 5.11 Å². The van der Waals surface area contributed by atoms with Crippen LogP contribution >= 0.6 is 0 Å². The molecule has 0 aliphatic heterocycles. The Labute approximate surface area is 83.8 Å². The Bertz CT molecular complexity index is 344. The number of hydrogen-bond donors (Lipinski definition) is 1. The number of nitrogens with zero attached hydrogens (tertiary/aromatic N) is 1. The topological polar surface area (TPSA) is 74.7 Å². The van der Waals surface area contributed by atoms with E-state index in [9.17, 15) is 13.2 Å². The molecule has 0 bridgehead atoms. The molecule has 1 N–H and O–H groups in total. The monoisotopic (exact) mass is 221 g/mol. The molecule has 0 aromatic rings. The fourth-order valence-corrected chi connectivity index (χ4v) is 2.97. The molecule has 1 rings (SSSR count). The zero-order valence-corrected chi connectivity index (χ0v) is 9.34. The van der Waals surface area contributed by atoms with Gasteiger partial charge in [-0.25, -0.2) is 8.42 Å². The van der Waals surface area contributed by atoms with Gasteiger partial charge in [0.15, 0.2) is 0 Å². The Balaban J connectivity index is 2.89. The Kier molecular flexibility index (Phi) is 2.62. The molecule has 1 unspecified atom stereocenters. The first-order chi connectivity index (χ1) is 6.22. The predicted octanol–water partition coefficient (Wildman–Crippen LogP) is 0.274. The molecular formula is C8H15NO4S. The summed E-state index contributed by atoms with van der Waals surface area (Å²) in [7, 11) is -2.14. The second-order valence-electron chi connectivity index (χ2n) is 3.99. The zero-order valence-electron chi connectivity index (χ0n) is 8.52. The van der Waals surface area contributed by atoms with Crippen LogP contribution in [0.1, 0.15) is 26.7 Å². The minimum Gasteiger partial charge on any atom is -0.480 e. The molecule has 5 nitrogen and oxygen atoms in total. The highest BCUT2D eigenvalue weighted by Crippen LogP contribution is 2.44. The van der Waals surface area contributed by atoms with E-state index in [4.69, 9.17) is 5.11 Å². The van der Waals surface area contributed by atoms with Crippen molar-refractivity contribution in [2.45, 2.75) is 37.5 Å². The first-order valence-electron chi connectivity index (χ1n) is 4.43. The highest BCUT2D eigenvalue weighted by molar-refractivity contribution is 7.90. The molecule has 0 aromatic heterocycles. The SMILES string of the molecule is CC(C(=O)O)N(C)S(=O)(=O)C1(C)CC1. The van der Waals surface area contributed by atoms with Crippen molar-refractivity contribution in [1.82, 2.24) is 4.31 Å². The fourth-order valence-electron chi connectivity index (χ4n) is 1.15. The number of sulfonamides is 1. The average Bonchev–Trinajstić information content (AvgIpc) is 2.82. The van der Waals surface area contributed by atoms with Gasteiger partial charge in [0.2, 0.25) is 10.0 Å². The van der Waals surface area contributed by atoms with Crippen LogP contribution < -0.4 is 0 Å². The smallest absolute Gasteiger partial charge is 0.321 e. The van der Waals surface area contributed by atoms with Gasteiger partial charge in [-0.1, -0.05) is 0 Å². The van der Waals surface area contributed by atoms with Crippen LogP contribution in [0.2, 0.25) is 0 Å². The lowest BCUT2D eigenvalue weighted by Crippen LogP contribution is -2.44. The van der Waals surface area contributed by atoms with Gasteiger partial charge >= 0.3 is 5.97 Å². The van der Waals surface area contributed by atoms with Gasteiger partial charge in [0.25, 0.3) is 0 Å². The Morgan fingerprint density at radius 1 is 1.50 bits per heavy atom. The van der Waals surface area contributed by atoms with Crippen molar-refractivity contribution in [3.05, 3.63) is 0 Å². The van der Waals surface area contributed by atoms with Crippen LogP contribution in [0.25, 0.3) is 0 Å². The van der Waals surface area contributed by atoms with Crippen LogP contribution in [0.5, 0.6) is 0 Å². The summed E-state index contributed by atoms with van der Waals surface area (Å²) in [5.74, 6) is -1.12. The van der Waals surface area contributed by atoms with E-state index in [2.05, 4.69) is 0 Å². The third-order valence-corrected chi connectivity index (χ3v) is 5.59. The molecule has 1 saturated carbocycles. The Morgan fingerprint density at radius 2 is 1.93 bits per heavy atom. The lowest BCUT2D eigenvalue weighted by atomic mass is 10.4. The van der Waals surface area contributed by atoms with E-state index in [1.807, 2.05) is 0 Å². The van der Waals surface area contributed by atoms with Crippen molar-refractivity contribution >= 4 is 16.0 Å². The minimum absolute atomic E-state index is 0.617. The lowest BCUT2D eigenvalue weighted by Gasteiger charge is -2.24. The highest BCUT2D eigenvalue weighted by Gasteiger charge is 2.53. The summed E-state index contributed by atoms with van der Waals surface area (Å²) in [5.41, 5.74) is 0. The zero-order chi connectivity index (χ0) is 11.1. The molecular weight excluding hydrogens is 206 g/mol. The maximum Gasteiger partial charge on any atom is 0.321 e. The third-order valence-electron chi connectivity index (χ3n) is 2.86. The van der Waals surface area contributed by atoms with E-state index in [0.717, 1.165) is 4.31 Å². The normalized spacial score (nSPS) is 22.0. The summed E-state index contributed by atoms with van der Waals surface area (Å²) >= 11 is 0. The summed E-state index contributed by atoms with van der Waals surface area (Å²) in [6.07, 6.45) is 1.23. The average molecular weight is 221 g/mol. The molecule has 0 amide bonds. The molecule has 0 spiro atoms. The van der Waals surface area contributed by atoms with E-state index in [1.165, 1.54) is 14.0 Å². The fraction of sp³-hybridized carbons (Fsp3) is 0.875. The largest absolute Gasteiger partial charge is 0.480 e. The van der Waals surface area contributed by atoms with Crippen molar-refractivity contribution in [2.24, 2.45) is 0 Å². The van der Waals surface area contributed by atoms with Crippen molar-refractivity contribution < 1.29 is 18.3 Å². The number of likely N-dealkylation sites (N-methyl/N-ethyl adjacent to an activating group) is 1. The first-order valence-corrected chi connectivity index (χ1v) is 5.87. The molecule has 6 heteroatoms. The maximum absolute atomic E-state index is 11.8. The molecule has 1 atom stereocenters. The molecule has 1 aliphatic rings. The van der Waals surface area contributed by atoms with Gasteiger partial charge in [0, 0.05) is 7.05 Å². The number of carbonyl (C=O) groups is 1. The van der Waals surface area contributed by atoms with Gasteiger partial charge in [-0.2, -0.15) is 4.31 Å². The predicted molar refractivity (Wildman–Crippen MR) is 51.4 cm³/mol. The minimum atomic E-state index is -3.46. The lowest BCUT2D eigenvalue weighted by molar-refractivity contribution is -0.140. The third kappa shape index (κ3) is 1.64. The van der Waals surface area contributed by atoms with E-state index < -0.39 is 26.8 Å². The van der Waals surface area contributed by atoms with Gasteiger partial charge in [0.05, 0.1) is 4.75 Å². The summed E-state index contributed by atoms with van der Waals surface area (Å²) in [4.78, 5) is 10.6. The molecule has 1 aliphatic carbocycles. The van der Waals surface area contributed by atoms with Crippen molar-refractivity contribution in [2.75, 3.05) is 7.05 Å². The second kappa shape index (κ2) is 3.20. The van der Waals surface area contributed by atoms with Crippen LogP contribution in [0.4, 0.5) is 0 Å². The van der Waals surface area contributed by atoms with E-state index in [0.29, 0.717) is 12.8 Å². The number of hydrogen-bond acceptors (Lipinski definition) is 3. The van der Waals surface area contributed by atoms with E-state index in [1.54, 1.807) is 6.92 Å². The highest BCUT2D eigenvalue weighted by atomic mass is 32.2. The van der Waals surface area contributed by atoms with Crippen molar-refractivity contribution in [3.63, 3.8) is 0 Å². The van der Waals surface area contributed by atoms with Gasteiger partial charge in [-0.3, -0.25) is 4.79 Å². The molecule has 0 radical (unpaired) electrons. The van der Waals surface area contributed by atoms with Gasteiger partial charge in [-0.05, 0) is 26.7 Å². The standard InChI is InChI=1S/C8H15NO4S/c1-6(7(10)11)9(3)14(12,13)8(2)4-5-8/h6H,4-5H2,1-3H3,(H,10,11). The Hall–Kier alpha value is -0.620.